The van der Waals surface area contributed by atoms with Crippen molar-refractivity contribution in [2.24, 2.45) is 0 Å². The lowest BCUT2D eigenvalue weighted by Crippen LogP contribution is -2.45. The molecular formula is C13H18N2O2. The molecule has 1 heterocycles. The van der Waals surface area contributed by atoms with Crippen molar-refractivity contribution in [3.8, 4) is 0 Å². The van der Waals surface area contributed by atoms with Crippen LogP contribution in [0.3, 0.4) is 0 Å². The highest BCUT2D eigenvalue weighted by Crippen LogP contribution is 2.21. The lowest BCUT2D eigenvalue weighted by molar-refractivity contribution is -0.105. The molecule has 17 heavy (non-hydrogen) atoms. The molecule has 1 aliphatic heterocycles. The first-order valence-electron chi connectivity index (χ1n) is 5.89. The van der Waals surface area contributed by atoms with E-state index in [0.717, 1.165) is 18.8 Å². The molecule has 4 heteroatoms. The highest BCUT2D eigenvalue weighted by molar-refractivity contribution is 5.72. The third-order valence-corrected chi connectivity index (χ3v) is 2.88. The van der Waals surface area contributed by atoms with Gasteiger partial charge in [-0.2, -0.15) is 0 Å². The van der Waals surface area contributed by atoms with Crippen LogP contribution in [-0.2, 0) is 9.53 Å². The minimum Gasteiger partial charge on any atom is -0.372 e. The Kier molecular flexibility index (Phi) is 3.64. The van der Waals surface area contributed by atoms with Gasteiger partial charge >= 0.3 is 0 Å². The second-order valence-corrected chi connectivity index (χ2v) is 4.47. The molecule has 0 saturated carbocycles. The van der Waals surface area contributed by atoms with Crippen LogP contribution < -0.4 is 10.2 Å². The van der Waals surface area contributed by atoms with Crippen LogP contribution in [-0.4, -0.2) is 31.7 Å². The molecule has 0 aromatic heterocycles. The molecule has 0 unspecified atom stereocenters. The van der Waals surface area contributed by atoms with Crippen LogP contribution in [0, 0.1) is 0 Å². The topological polar surface area (TPSA) is 41.6 Å². The van der Waals surface area contributed by atoms with E-state index < -0.39 is 0 Å². The zero-order chi connectivity index (χ0) is 12.3. The molecule has 2 atom stereocenters. The summed E-state index contributed by atoms with van der Waals surface area (Å²) in [6, 6.07) is 7.87. The zero-order valence-corrected chi connectivity index (χ0v) is 10.2. The number of anilines is 2. The van der Waals surface area contributed by atoms with Crippen molar-refractivity contribution in [1.29, 1.82) is 0 Å². The van der Waals surface area contributed by atoms with Crippen molar-refractivity contribution in [3.63, 3.8) is 0 Å². The van der Waals surface area contributed by atoms with Crippen LogP contribution in [0.25, 0.3) is 0 Å². The first-order valence-corrected chi connectivity index (χ1v) is 5.89. The molecule has 92 valence electrons. The molecular weight excluding hydrogens is 216 g/mol. The number of ether oxygens (including phenoxy) is 1. The second-order valence-electron chi connectivity index (χ2n) is 4.47. The van der Waals surface area contributed by atoms with Gasteiger partial charge in [-0.05, 0) is 38.1 Å². The largest absolute Gasteiger partial charge is 0.372 e. The average molecular weight is 234 g/mol. The maximum absolute atomic E-state index is 10.3. The Bertz CT molecular complexity index is 368. The van der Waals surface area contributed by atoms with Gasteiger partial charge in [-0.15, -0.1) is 0 Å². The fourth-order valence-electron chi connectivity index (χ4n) is 2.23. The maximum Gasteiger partial charge on any atom is 0.211 e. The summed E-state index contributed by atoms with van der Waals surface area (Å²) in [5.74, 6) is 0. The van der Waals surface area contributed by atoms with Gasteiger partial charge in [-0.1, -0.05) is 0 Å². The van der Waals surface area contributed by atoms with Gasteiger partial charge in [0.15, 0.2) is 0 Å². The summed E-state index contributed by atoms with van der Waals surface area (Å²) in [5.41, 5.74) is 1.99. The molecule has 0 radical (unpaired) electrons. The Labute approximate surface area is 102 Å². The average Bonchev–Trinajstić information content (AvgIpc) is 2.29. The van der Waals surface area contributed by atoms with Crippen LogP contribution >= 0.6 is 0 Å². The van der Waals surface area contributed by atoms with Gasteiger partial charge in [0, 0.05) is 24.5 Å². The number of benzene rings is 1. The third-order valence-electron chi connectivity index (χ3n) is 2.88. The van der Waals surface area contributed by atoms with E-state index in [0.29, 0.717) is 6.41 Å². The molecule has 1 amide bonds. The summed E-state index contributed by atoms with van der Waals surface area (Å²) >= 11 is 0. The maximum atomic E-state index is 10.3. The quantitative estimate of drug-likeness (QED) is 0.812. The smallest absolute Gasteiger partial charge is 0.211 e. The first kappa shape index (κ1) is 11.9. The molecule has 1 aromatic carbocycles. The summed E-state index contributed by atoms with van der Waals surface area (Å²) in [6.07, 6.45) is 1.20. The molecule has 4 nitrogen and oxygen atoms in total. The van der Waals surface area contributed by atoms with Gasteiger partial charge in [0.1, 0.15) is 0 Å². The molecule has 1 N–H and O–H groups in total. The first-order chi connectivity index (χ1) is 8.19. The molecule has 1 aromatic rings. The number of nitrogens with zero attached hydrogens (tertiary/aromatic N) is 1. The van der Waals surface area contributed by atoms with Crippen LogP contribution in [0.5, 0.6) is 0 Å². The Morgan fingerprint density at radius 2 is 1.82 bits per heavy atom. The van der Waals surface area contributed by atoms with Crippen LogP contribution in [0.1, 0.15) is 13.8 Å². The number of rotatable bonds is 3. The molecule has 1 aliphatic rings. The number of hydrogen-bond acceptors (Lipinski definition) is 3. The monoisotopic (exact) mass is 234 g/mol. The van der Waals surface area contributed by atoms with E-state index in [9.17, 15) is 4.79 Å². The van der Waals surface area contributed by atoms with Crippen molar-refractivity contribution in [1.82, 2.24) is 0 Å². The van der Waals surface area contributed by atoms with E-state index in [2.05, 4.69) is 24.1 Å². The summed E-state index contributed by atoms with van der Waals surface area (Å²) in [5, 5.41) is 2.63. The predicted octanol–water partition coefficient (Wildman–Crippen LogP) is 1.87. The van der Waals surface area contributed by atoms with E-state index in [1.54, 1.807) is 0 Å². The number of carbonyl (C=O) groups excluding carboxylic acids is 1. The minimum atomic E-state index is 0.256. The standard InChI is InChI=1S/C13H18N2O2/c1-10-7-15(8-11(2)17-10)13-5-3-12(4-6-13)14-9-16/h3-6,9-11H,7-8H2,1-2H3,(H,14,16)/t10-,11+. The minimum absolute atomic E-state index is 0.256. The van der Waals surface area contributed by atoms with Gasteiger partial charge in [0.25, 0.3) is 0 Å². The van der Waals surface area contributed by atoms with E-state index in [4.69, 9.17) is 4.74 Å². The number of carbonyl (C=O) groups is 1. The van der Waals surface area contributed by atoms with Crippen molar-refractivity contribution in [2.75, 3.05) is 23.3 Å². The number of nitrogens with one attached hydrogen (secondary N) is 1. The fourth-order valence-corrected chi connectivity index (χ4v) is 2.23. The molecule has 0 aliphatic carbocycles. The fraction of sp³-hybridized carbons (Fsp3) is 0.462. The van der Waals surface area contributed by atoms with Crippen molar-refractivity contribution in [3.05, 3.63) is 24.3 Å². The Morgan fingerprint density at radius 3 is 2.35 bits per heavy atom. The van der Waals surface area contributed by atoms with Gasteiger partial charge in [-0.25, -0.2) is 0 Å². The lowest BCUT2D eigenvalue weighted by Gasteiger charge is -2.36. The summed E-state index contributed by atoms with van der Waals surface area (Å²) < 4.78 is 5.70. The SMILES string of the molecule is C[C@@H]1CN(c2ccc(NC=O)cc2)C[C@H](C)O1. The Morgan fingerprint density at radius 1 is 1.24 bits per heavy atom. The summed E-state index contributed by atoms with van der Waals surface area (Å²) in [7, 11) is 0. The molecule has 1 saturated heterocycles. The zero-order valence-electron chi connectivity index (χ0n) is 10.2. The van der Waals surface area contributed by atoms with Crippen molar-refractivity contribution < 1.29 is 9.53 Å². The number of hydrogen-bond donors (Lipinski definition) is 1. The summed E-state index contributed by atoms with van der Waals surface area (Å²) in [6.45, 7) is 5.99. The summed E-state index contributed by atoms with van der Waals surface area (Å²) in [4.78, 5) is 12.6. The van der Waals surface area contributed by atoms with E-state index in [-0.39, 0.29) is 12.2 Å². The van der Waals surface area contributed by atoms with Gasteiger partial charge in [-0.3, -0.25) is 4.79 Å². The van der Waals surface area contributed by atoms with Gasteiger partial charge in [0.2, 0.25) is 6.41 Å². The van der Waals surface area contributed by atoms with Crippen molar-refractivity contribution in [2.45, 2.75) is 26.1 Å². The highest BCUT2D eigenvalue weighted by atomic mass is 16.5. The van der Waals surface area contributed by atoms with Crippen molar-refractivity contribution >= 4 is 17.8 Å². The normalized spacial score (nSPS) is 24.5. The molecule has 2 rings (SSSR count). The lowest BCUT2D eigenvalue weighted by atomic mass is 10.2. The predicted molar refractivity (Wildman–Crippen MR) is 68.4 cm³/mol. The Hall–Kier alpha value is -1.55. The third kappa shape index (κ3) is 2.97. The number of morpholine rings is 1. The van der Waals surface area contributed by atoms with Crippen LogP contribution in [0.2, 0.25) is 0 Å². The second kappa shape index (κ2) is 5.19. The molecule has 1 fully saturated rings. The van der Waals surface area contributed by atoms with Crippen LogP contribution in [0.4, 0.5) is 11.4 Å². The van der Waals surface area contributed by atoms with E-state index >= 15 is 0 Å². The van der Waals surface area contributed by atoms with Crippen LogP contribution in [0.15, 0.2) is 24.3 Å². The highest BCUT2D eigenvalue weighted by Gasteiger charge is 2.22. The van der Waals surface area contributed by atoms with E-state index in [1.807, 2.05) is 24.3 Å². The van der Waals surface area contributed by atoms with Gasteiger partial charge in [0.05, 0.1) is 12.2 Å². The van der Waals surface area contributed by atoms with E-state index in [1.165, 1.54) is 5.69 Å². The Balaban J connectivity index is 2.08. The molecule has 0 bridgehead atoms. The molecule has 0 spiro atoms. The van der Waals surface area contributed by atoms with Gasteiger partial charge < -0.3 is 15.0 Å². The number of amides is 1.